The molecule has 1 aromatic carbocycles. The molecule has 1 rings (SSSR count). The highest BCUT2D eigenvalue weighted by Gasteiger charge is 2.13. The Labute approximate surface area is 123 Å². The number of unbranched alkanes of at least 4 members (excludes halogenated alkanes) is 4. The number of ether oxygens (including phenoxy) is 1. The van der Waals surface area contributed by atoms with Crippen molar-refractivity contribution in [2.75, 3.05) is 6.61 Å². The lowest BCUT2D eigenvalue weighted by molar-refractivity contribution is -0.128. The lowest BCUT2D eigenvalue weighted by Crippen LogP contribution is -2.23. The van der Waals surface area contributed by atoms with Crippen LogP contribution in [0.3, 0.4) is 0 Å². The summed E-state index contributed by atoms with van der Waals surface area (Å²) in [6.07, 6.45) is 7.65. The zero-order valence-corrected chi connectivity index (χ0v) is 12.9. The highest BCUT2D eigenvalue weighted by Crippen LogP contribution is 2.11. The van der Waals surface area contributed by atoms with Crippen LogP contribution in [0.4, 0.5) is 0 Å². The molecule has 0 radical (unpaired) electrons. The number of benzene rings is 1. The lowest BCUT2D eigenvalue weighted by Gasteiger charge is -2.15. The fourth-order valence-electron chi connectivity index (χ4n) is 2.30. The number of rotatable bonds is 11. The van der Waals surface area contributed by atoms with Crippen molar-refractivity contribution < 1.29 is 9.53 Å². The zero-order chi connectivity index (χ0) is 14.6. The topological polar surface area (TPSA) is 26.3 Å². The monoisotopic (exact) mass is 276 g/mol. The number of carbonyl (C=O) groups excluding carboxylic acids is 1. The van der Waals surface area contributed by atoms with Crippen LogP contribution in [0.15, 0.2) is 30.3 Å². The van der Waals surface area contributed by atoms with Crippen LogP contribution < -0.4 is 0 Å². The first-order chi connectivity index (χ1) is 9.74. The number of hydrogen-bond donors (Lipinski definition) is 0. The number of carbonyl (C=O) groups is 1. The van der Waals surface area contributed by atoms with Gasteiger partial charge in [-0.2, -0.15) is 0 Å². The Morgan fingerprint density at radius 1 is 1.10 bits per heavy atom. The van der Waals surface area contributed by atoms with Gasteiger partial charge in [0, 0.05) is 0 Å². The van der Waals surface area contributed by atoms with Crippen molar-refractivity contribution in [2.24, 2.45) is 0 Å². The average molecular weight is 276 g/mol. The molecule has 0 aromatic heterocycles. The maximum Gasteiger partial charge on any atom is 0.158 e. The van der Waals surface area contributed by atoms with E-state index in [1.807, 2.05) is 18.2 Å². The van der Waals surface area contributed by atoms with Gasteiger partial charge in [-0.1, -0.05) is 69.4 Å². The van der Waals surface area contributed by atoms with Gasteiger partial charge in [-0.25, -0.2) is 0 Å². The third-order valence-corrected chi connectivity index (χ3v) is 3.58. The van der Waals surface area contributed by atoms with Crippen LogP contribution in [0.5, 0.6) is 0 Å². The van der Waals surface area contributed by atoms with E-state index in [0.717, 1.165) is 19.3 Å². The van der Waals surface area contributed by atoms with Gasteiger partial charge < -0.3 is 4.74 Å². The van der Waals surface area contributed by atoms with E-state index in [0.29, 0.717) is 6.61 Å². The molecule has 0 saturated heterocycles. The van der Waals surface area contributed by atoms with Gasteiger partial charge in [0.05, 0.1) is 6.61 Å². The Morgan fingerprint density at radius 2 is 1.80 bits per heavy atom. The quantitative estimate of drug-likeness (QED) is 0.554. The van der Waals surface area contributed by atoms with E-state index in [4.69, 9.17) is 4.74 Å². The molecule has 0 heterocycles. The molecule has 1 aromatic rings. The minimum absolute atomic E-state index is 0.161. The lowest BCUT2D eigenvalue weighted by atomic mass is 10.1. The zero-order valence-electron chi connectivity index (χ0n) is 12.9. The van der Waals surface area contributed by atoms with Gasteiger partial charge in [-0.15, -0.1) is 0 Å². The molecular weight excluding hydrogens is 248 g/mol. The van der Waals surface area contributed by atoms with Gasteiger partial charge in [0.25, 0.3) is 0 Å². The first kappa shape index (κ1) is 16.9. The van der Waals surface area contributed by atoms with Crippen molar-refractivity contribution in [2.45, 2.75) is 64.9 Å². The molecular formula is C18H28O2. The highest BCUT2D eigenvalue weighted by atomic mass is 16.5. The van der Waals surface area contributed by atoms with Crippen LogP contribution in [0.25, 0.3) is 0 Å². The molecule has 2 nitrogen and oxygen atoms in total. The molecule has 0 spiro atoms. The molecule has 0 amide bonds. The molecule has 1 atom stereocenters. The van der Waals surface area contributed by atoms with Gasteiger partial charge in [0.15, 0.2) is 5.78 Å². The second-order valence-corrected chi connectivity index (χ2v) is 5.41. The first-order valence-corrected chi connectivity index (χ1v) is 7.90. The summed E-state index contributed by atoms with van der Waals surface area (Å²) < 4.78 is 5.76. The smallest absolute Gasteiger partial charge is 0.158 e. The third kappa shape index (κ3) is 7.44. The first-order valence-electron chi connectivity index (χ1n) is 7.90. The second-order valence-electron chi connectivity index (χ2n) is 5.41. The molecule has 0 aliphatic heterocycles. The van der Waals surface area contributed by atoms with Crippen LogP contribution in [-0.2, 0) is 16.0 Å². The van der Waals surface area contributed by atoms with Crippen LogP contribution in [-0.4, -0.2) is 18.5 Å². The van der Waals surface area contributed by atoms with Crippen molar-refractivity contribution in [3.8, 4) is 0 Å². The van der Waals surface area contributed by atoms with Gasteiger partial charge in [-0.05, 0) is 25.3 Å². The van der Waals surface area contributed by atoms with Crippen molar-refractivity contribution in [1.82, 2.24) is 0 Å². The predicted molar refractivity (Wildman–Crippen MR) is 83.9 cm³/mol. The van der Waals surface area contributed by atoms with Crippen LogP contribution in [0, 0.1) is 0 Å². The van der Waals surface area contributed by atoms with Crippen LogP contribution >= 0.6 is 0 Å². The Morgan fingerprint density at radius 3 is 2.45 bits per heavy atom. The van der Waals surface area contributed by atoms with Crippen molar-refractivity contribution in [3.05, 3.63) is 35.9 Å². The van der Waals surface area contributed by atoms with E-state index in [9.17, 15) is 4.79 Å². The SMILES string of the molecule is CCCCCCC[C@H](OCCc1ccccc1)C(C)=O. The van der Waals surface area contributed by atoms with Crippen molar-refractivity contribution in [3.63, 3.8) is 0 Å². The summed E-state index contributed by atoms with van der Waals surface area (Å²) in [4.78, 5) is 11.6. The Hall–Kier alpha value is -1.15. The van der Waals surface area contributed by atoms with E-state index in [1.165, 1.54) is 31.2 Å². The average Bonchev–Trinajstić information content (AvgIpc) is 2.46. The largest absolute Gasteiger partial charge is 0.370 e. The molecule has 20 heavy (non-hydrogen) atoms. The molecule has 2 heteroatoms. The maximum absolute atomic E-state index is 11.6. The van der Waals surface area contributed by atoms with Gasteiger partial charge in [-0.3, -0.25) is 4.79 Å². The van der Waals surface area contributed by atoms with Crippen LogP contribution in [0.1, 0.15) is 57.9 Å². The number of ketones is 1. The van der Waals surface area contributed by atoms with Crippen molar-refractivity contribution >= 4 is 5.78 Å². The summed E-state index contributed by atoms with van der Waals surface area (Å²) in [5.74, 6) is 0.161. The molecule has 0 fully saturated rings. The molecule has 112 valence electrons. The van der Waals surface area contributed by atoms with E-state index >= 15 is 0 Å². The minimum Gasteiger partial charge on any atom is -0.370 e. The summed E-state index contributed by atoms with van der Waals surface area (Å²) in [6.45, 7) is 4.48. The number of Topliss-reactive ketones (excluding diaryl/α,β-unsaturated/α-hetero) is 1. The Balaban J connectivity index is 2.20. The minimum atomic E-state index is -0.208. The fourth-order valence-corrected chi connectivity index (χ4v) is 2.30. The summed E-state index contributed by atoms with van der Waals surface area (Å²) >= 11 is 0. The second kappa shape index (κ2) is 10.6. The van der Waals surface area contributed by atoms with E-state index in [2.05, 4.69) is 19.1 Å². The number of hydrogen-bond acceptors (Lipinski definition) is 2. The summed E-state index contributed by atoms with van der Waals surface area (Å²) in [5, 5.41) is 0. The molecule has 0 N–H and O–H groups in total. The Kier molecular flexibility index (Phi) is 8.97. The fraction of sp³-hybridized carbons (Fsp3) is 0.611. The van der Waals surface area contributed by atoms with Crippen LogP contribution in [0.2, 0.25) is 0 Å². The van der Waals surface area contributed by atoms with E-state index < -0.39 is 0 Å². The highest BCUT2D eigenvalue weighted by molar-refractivity contribution is 5.80. The van der Waals surface area contributed by atoms with Gasteiger partial charge in [0.1, 0.15) is 6.10 Å². The van der Waals surface area contributed by atoms with Gasteiger partial charge in [0.2, 0.25) is 0 Å². The molecule has 0 aliphatic carbocycles. The summed E-state index contributed by atoms with van der Waals surface area (Å²) in [7, 11) is 0. The molecule has 0 saturated carbocycles. The molecule has 0 unspecified atom stereocenters. The van der Waals surface area contributed by atoms with E-state index in [1.54, 1.807) is 6.92 Å². The summed E-state index contributed by atoms with van der Waals surface area (Å²) in [5.41, 5.74) is 1.26. The maximum atomic E-state index is 11.6. The Bertz CT molecular complexity index is 359. The standard InChI is InChI=1S/C18H28O2/c1-3-4-5-6-10-13-18(16(2)19)20-15-14-17-11-8-7-9-12-17/h7-9,11-12,18H,3-6,10,13-15H2,1-2H3/t18-/m0/s1. The molecule has 0 bridgehead atoms. The third-order valence-electron chi connectivity index (χ3n) is 3.58. The predicted octanol–water partition coefficient (Wildman–Crippen LogP) is 4.56. The van der Waals surface area contributed by atoms with Crippen molar-refractivity contribution in [1.29, 1.82) is 0 Å². The summed E-state index contributed by atoms with van der Waals surface area (Å²) in [6, 6.07) is 10.3. The van der Waals surface area contributed by atoms with E-state index in [-0.39, 0.29) is 11.9 Å². The van der Waals surface area contributed by atoms with Gasteiger partial charge >= 0.3 is 0 Å². The molecule has 0 aliphatic rings. The normalized spacial score (nSPS) is 12.3.